The Kier molecular flexibility index (Phi) is 4.90. The highest BCUT2D eigenvalue weighted by Crippen LogP contribution is 2.14. The Labute approximate surface area is 112 Å². The lowest BCUT2D eigenvalue weighted by atomic mass is 10.1. The first kappa shape index (κ1) is 15.5. The smallest absolute Gasteiger partial charge is 0.321 e. The van der Waals surface area contributed by atoms with Gasteiger partial charge in [-0.15, -0.1) is 0 Å². The Balaban J connectivity index is 2.94. The van der Waals surface area contributed by atoms with Crippen molar-refractivity contribution in [3.63, 3.8) is 0 Å². The molecular formula is C12H18N2O4S. The van der Waals surface area contributed by atoms with Crippen LogP contribution < -0.4 is 10.5 Å². The van der Waals surface area contributed by atoms with Gasteiger partial charge in [-0.25, -0.2) is 8.42 Å². The summed E-state index contributed by atoms with van der Waals surface area (Å²) in [6, 6.07) is 4.44. The molecule has 0 amide bonds. The third kappa shape index (κ3) is 4.53. The van der Waals surface area contributed by atoms with Gasteiger partial charge in [0, 0.05) is 5.69 Å². The van der Waals surface area contributed by atoms with Crippen molar-refractivity contribution in [2.75, 3.05) is 5.73 Å². The maximum atomic E-state index is 12.0. The number of carbonyl (C=O) groups is 1. The van der Waals surface area contributed by atoms with E-state index in [0.717, 1.165) is 0 Å². The third-order valence-electron chi connectivity index (χ3n) is 2.49. The lowest BCUT2D eigenvalue weighted by Gasteiger charge is -2.16. The van der Waals surface area contributed by atoms with Gasteiger partial charge in [-0.1, -0.05) is 13.8 Å². The van der Waals surface area contributed by atoms with Gasteiger partial charge >= 0.3 is 5.97 Å². The van der Waals surface area contributed by atoms with E-state index in [-0.39, 0.29) is 17.2 Å². The molecule has 1 atom stereocenters. The molecule has 1 unspecified atom stereocenters. The molecule has 0 spiro atoms. The minimum absolute atomic E-state index is 0.00305. The number of anilines is 1. The highest BCUT2D eigenvalue weighted by atomic mass is 32.2. The van der Waals surface area contributed by atoms with Crippen LogP contribution in [0, 0.1) is 5.92 Å². The molecule has 0 fully saturated rings. The first-order valence-corrected chi connectivity index (χ1v) is 7.31. The average Bonchev–Trinajstić information content (AvgIpc) is 2.27. The van der Waals surface area contributed by atoms with Crippen LogP contribution in [0.25, 0.3) is 0 Å². The molecule has 19 heavy (non-hydrogen) atoms. The van der Waals surface area contributed by atoms with Gasteiger partial charge < -0.3 is 10.8 Å². The number of sulfonamides is 1. The summed E-state index contributed by atoms with van der Waals surface area (Å²) in [4.78, 5) is 11.0. The Morgan fingerprint density at radius 3 is 2.26 bits per heavy atom. The van der Waals surface area contributed by atoms with Crippen molar-refractivity contribution in [1.82, 2.24) is 4.72 Å². The predicted molar refractivity (Wildman–Crippen MR) is 72.1 cm³/mol. The Hall–Kier alpha value is -1.60. The van der Waals surface area contributed by atoms with Gasteiger partial charge in [0.25, 0.3) is 0 Å². The van der Waals surface area contributed by atoms with Crippen LogP contribution in [-0.4, -0.2) is 25.5 Å². The fraction of sp³-hybridized carbons (Fsp3) is 0.417. The second-order valence-electron chi connectivity index (χ2n) is 4.71. The standard InChI is InChI=1S/C12H18N2O4S/c1-8(2)7-11(12(15)16)14-19(17,18)10-5-3-9(13)4-6-10/h3-6,8,11,14H,7,13H2,1-2H3,(H,15,16). The largest absolute Gasteiger partial charge is 0.480 e. The molecule has 0 aliphatic heterocycles. The van der Waals surface area contributed by atoms with E-state index < -0.39 is 22.0 Å². The summed E-state index contributed by atoms with van der Waals surface area (Å²) in [6.45, 7) is 3.65. The number of nitrogens with one attached hydrogen (secondary N) is 1. The molecule has 0 aliphatic carbocycles. The summed E-state index contributed by atoms with van der Waals surface area (Å²) in [5.74, 6) is -1.12. The highest BCUT2D eigenvalue weighted by Gasteiger charge is 2.25. The summed E-state index contributed by atoms with van der Waals surface area (Å²) in [5.41, 5.74) is 5.92. The van der Waals surface area contributed by atoms with E-state index >= 15 is 0 Å². The molecule has 1 aromatic rings. The fourth-order valence-corrected chi connectivity index (χ4v) is 2.78. The molecule has 0 radical (unpaired) electrons. The molecule has 0 bridgehead atoms. The number of nitrogen functional groups attached to an aromatic ring is 1. The zero-order valence-electron chi connectivity index (χ0n) is 10.8. The number of rotatable bonds is 6. The summed E-state index contributed by atoms with van der Waals surface area (Å²) in [7, 11) is -3.85. The second kappa shape index (κ2) is 6.03. The van der Waals surface area contributed by atoms with Gasteiger partial charge in [0.2, 0.25) is 10.0 Å². The van der Waals surface area contributed by atoms with E-state index in [4.69, 9.17) is 10.8 Å². The van der Waals surface area contributed by atoms with E-state index in [1.54, 1.807) is 0 Å². The van der Waals surface area contributed by atoms with Crippen LogP contribution in [0.3, 0.4) is 0 Å². The van der Waals surface area contributed by atoms with Gasteiger partial charge in [0.05, 0.1) is 4.90 Å². The van der Waals surface area contributed by atoms with Gasteiger partial charge in [-0.2, -0.15) is 4.72 Å². The second-order valence-corrected chi connectivity index (χ2v) is 6.42. The van der Waals surface area contributed by atoms with E-state index in [0.29, 0.717) is 5.69 Å². The summed E-state index contributed by atoms with van der Waals surface area (Å²) >= 11 is 0. The van der Waals surface area contributed by atoms with Crippen molar-refractivity contribution >= 4 is 21.7 Å². The number of carboxylic acids is 1. The quantitative estimate of drug-likeness (QED) is 0.677. The molecule has 4 N–H and O–H groups in total. The molecular weight excluding hydrogens is 268 g/mol. The van der Waals surface area contributed by atoms with Crippen molar-refractivity contribution < 1.29 is 18.3 Å². The molecule has 6 nitrogen and oxygen atoms in total. The molecule has 1 rings (SSSR count). The van der Waals surface area contributed by atoms with Crippen molar-refractivity contribution in [2.24, 2.45) is 5.92 Å². The average molecular weight is 286 g/mol. The number of nitrogens with two attached hydrogens (primary N) is 1. The molecule has 0 heterocycles. The number of benzene rings is 1. The maximum Gasteiger partial charge on any atom is 0.321 e. The van der Waals surface area contributed by atoms with Gasteiger partial charge in [0.15, 0.2) is 0 Å². The molecule has 0 aromatic heterocycles. The van der Waals surface area contributed by atoms with E-state index in [2.05, 4.69) is 4.72 Å². The first-order valence-electron chi connectivity index (χ1n) is 5.83. The van der Waals surface area contributed by atoms with Crippen molar-refractivity contribution in [3.8, 4) is 0 Å². The number of hydrogen-bond acceptors (Lipinski definition) is 4. The first-order chi connectivity index (χ1) is 8.72. The summed E-state index contributed by atoms with van der Waals surface area (Å²) < 4.78 is 26.2. The Morgan fingerprint density at radius 2 is 1.84 bits per heavy atom. The molecule has 0 aliphatic rings. The van der Waals surface area contributed by atoms with Crippen molar-refractivity contribution in [3.05, 3.63) is 24.3 Å². The molecule has 1 aromatic carbocycles. The monoisotopic (exact) mass is 286 g/mol. The van der Waals surface area contributed by atoms with Crippen LogP contribution in [-0.2, 0) is 14.8 Å². The SMILES string of the molecule is CC(C)CC(NS(=O)(=O)c1ccc(N)cc1)C(=O)O. The van der Waals surface area contributed by atoms with Crippen LogP contribution in [0.5, 0.6) is 0 Å². The van der Waals surface area contributed by atoms with E-state index in [1.165, 1.54) is 24.3 Å². The lowest BCUT2D eigenvalue weighted by Crippen LogP contribution is -2.41. The Bertz CT molecular complexity index is 537. The van der Waals surface area contributed by atoms with Gasteiger partial charge in [-0.05, 0) is 36.6 Å². The van der Waals surface area contributed by atoms with Crippen LogP contribution in [0.1, 0.15) is 20.3 Å². The topological polar surface area (TPSA) is 109 Å². The zero-order valence-corrected chi connectivity index (χ0v) is 11.6. The van der Waals surface area contributed by atoms with Crippen LogP contribution >= 0.6 is 0 Å². The number of carboxylic acid groups (broad SMARTS) is 1. The maximum absolute atomic E-state index is 12.0. The summed E-state index contributed by atoms with van der Waals surface area (Å²) in [5, 5.41) is 9.03. The van der Waals surface area contributed by atoms with Gasteiger partial charge in [0.1, 0.15) is 6.04 Å². The number of hydrogen-bond donors (Lipinski definition) is 3. The Morgan fingerprint density at radius 1 is 1.32 bits per heavy atom. The molecule has 0 saturated carbocycles. The van der Waals surface area contributed by atoms with Crippen LogP contribution in [0.15, 0.2) is 29.2 Å². The lowest BCUT2D eigenvalue weighted by molar-refractivity contribution is -0.139. The summed E-state index contributed by atoms with van der Waals surface area (Å²) in [6.07, 6.45) is 0.226. The predicted octanol–water partition coefficient (Wildman–Crippen LogP) is 1.05. The van der Waals surface area contributed by atoms with Gasteiger partial charge in [-0.3, -0.25) is 4.79 Å². The van der Waals surface area contributed by atoms with Crippen LogP contribution in [0.4, 0.5) is 5.69 Å². The number of aliphatic carboxylic acids is 1. The van der Waals surface area contributed by atoms with Crippen molar-refractivity contribution in [2.45, 2.75) is 31.2 Å². The van der Waals surface area contributed by atoms with E-state index in [1.807, 2.05) is 13.8 Å². The molecule has 106 valence electrons. The highest BCUT2D eigenvalue weighted by molar-refractivity contribution is 7.89. The third-order valence-corrected chi connectivity index (χ3v) is 3.98. The van der Waals surface area contributed by atoms with Crippen molar-refractivity contribution in [1.29, 1.82) is 0 Å². The normalized spacial score (nSPS) is 13.4. The fourth-order valence-electron chi connectivity index (χ4n) is 1.57. The molecule has 7 heteroatoms. The van der Waals surface area contributed by atoms with Crippen LogP contribution in [0.2, 0.25) is 0 Å². The minimum Gasteiger partial charge on any atom is -0.480 e. The van der Waals surface area contributed by atoms with E-state index in [9.17, 15) is 13.2 Å². The molecule has 0 saturated heterocycles. The zero-order chi connectivity index (χ0) is 14.6. The minimum atomic E-state index is -3.85.